The summed E-state index contributed by atoms with van der Waals surface area (Å²) in [5.41, 5.74) is -1.12. The predicted octanol–water partition coefficient (Wildman–Crippen LogP) is 3.88. The number of hydrogen-bond donors (Lipinski definition) is 2. The summed E-state index contributed by atoms with van der Waals surface area (Å²) in [6.07, 6.45) is -2.12. The Labute approximate surface area is 192 Å². The molecule has 1 aliphatic carbocycles. The van der Waals surface area contributed by atoms with Crippen molar-refractivity contribution in [3.05, 3.63) is 29.6 Å². The topological polar surface area (TPSA) is 87.8 Å². The Morgan fingerprint density at radius 1 is 1.21 bits per heavy atom. The van der Waals surface area contributed by atoms with Gasteiger partial charge in [-0.2, -0.15) is 17.7 Å². The van der Waals surface area contributed by atoms with E-state index in [0.29, 0.717) is 49.3 Å². The molecule has 182 valence electrons. The monoisotopic (exact) mass is 480 g/mol. The lowest BCUT2D eigenvalue weighted by molar-refractivity contribution is -0.139. The minimum Gasteiger partial charge on any atom is -0.486 e. The van der Waals surface area contributed by atoms with Crippen molar-refractivity contribution in [1.82, 2.24) is 19.8 Å². The molecule has 1 aromatic carbocycles. The summed E-state index contributed by atoms with van der Waals surface area (Å²) >= 11 is 0. The maximum Gasteiger partial charge on any atom is 0.419 e. The smallest absolute Gasteiger partial charge is 0.419 e. The Kier molecular flexibility index (Phi) is 5.30. The van der Waals surface area contributed by atoms with Gasteiger partial charge < -0.3 is 20.1 Å². The Morgan fingerprint density at radius 3 is 2.65 bits per heavy atom. The molecule has 0 unspecified atom stereocenters. The number of alkyl halides is 3. The second-order valence-corrected chi connectivity index (χ2v) is 9.16. The average molecular weight is 480 g/mol. The molecule has 2 aromatic heterocycles. The van der Waals surface area contributed by atoms with Gasteiger partial charge in [0, 0.05) is 18.7 Å². The third-order valence-electron chi connectivity index (χ3n) is 6.47. The van der Waals surface area contributed by atoms with Crippen molar-refractivity contribution in [1.29, 1.82) is 0 Å². The molecule has 3 aromatic rings. The summed E-state index contributed by atoms with van der Waals surface area (Å²) in [7, 11) is 1.89. The second-order valence-electron chi connectivity index (χ2n) is 9.16. The maximum atomic E-state index is 13.8. The first-order valence-electron chi connectivity index (χ1n) is 11.0. The molecule has 5 rings (SSSR count). The maximum absolute atomic E-state index is 13.8. The molecule has 0 atom stereocenters. The molecule has 1 fully saturated rings. The van der Waals surface area contributed by atoms with Gasteiger partial charge in [-0.25, -0.2) is 4.39 Å². The van der Waals surface area contributed by atoms with Crippen LogP contribution < -0.4 is 15.0 Å². The number of aliphatic hydroxyl groups is 1. The fraction of sp³-hybridized carbons (Fsp3) is 0.500. The first kappa shape index (κ1) is 22.6. The van der Waals surface area contributed by atoms with Gasteiger partial charge >= 0.3 is 6.18 Å². The molecule has 0 saturated heterocycles. The molecule has 2 aliphatic rings. The van der Waals surface area contributed by atoms with Crippen molar-refractivity contribution in [2.45, 2.75) is 50.4 Å². The first-order chi connectivity index (χ1) is 16.0. The van der Waals surface area contributed by atoms with Gasteiger partial charge in [0.2, 0.25) is 5.65 Å². The van der Waals surface area contributed by atoms with Crippen molar-refractivity contribution >= 4 is 17.2 Å². The first-order valence-corrected chi connectivity index (χ1v) is 11.0. The standard InChI is InChI=1S/C22H24F4N6O2/c1-21(33)7-5-13(6-8-21)27-18-16-17(34-10-9-31(16)2)20-29-28-19(32(20)30-18)12-3-4-15(23)14(11-12)22(24,25)26/h3-4,11,13,33H,5-10H2,1-2H3,(H,27,30)/t13-,21+. The average Bonchev–Trinajstić information content (AvgIpc) is 3.19. The molecule has 0 amide bonds. The highest BCUT2D eigenvalue weighted by Gasteiger charge is 2.35. The summed E-state index contributed by atoms with van der Waals surface area (Å²) in [6.45, 7) is 2.83. The van der Waals surface area contributed by atoms with E-state index in [2.05, 4.69) is 20.6 Å². The van der Waals surface area contributed by atoms with Crippen LogP contribution in [0.2, 0.25) is 0 Å². The zero-order valence-corrected chi connectivity index (χ0v) is 18.7. The Balaban J connectivity index is 1.61. The van der Waals surface area contributed by atoms with Crippen LogP contribution in [0.15, 0.2) is 18.2 Å². The van der Waals surface area contributed by atoms with Crippen LogP contribution in [0.3, 0.4) is 0 Å². The van der Waals surface area contributed by atoms with Crippen molar-refractivity contribution < 1.29 is 27.4 Å². The van der Waals surface area contributed by atoms with E-state index < -0.39 is 23.2 Å². The summed E-state index contributed by atoms with van der Waals surface area (Å²) in [5.74, 6) is -0.424. The molecule has 0 radical (unpaired) electrons. The van der Waals surface area contributed by atoms with Gasteiger partial charge in [-0.15, -0.1) is 15.3 Å². The Morgan fingerprint density at radius 2 is 1.94 bits per heavy atom. The van der Waals surface area contributed by atoms with Crippen LogP contribution in [0.1, 0.15) is 38.2 Å². The number of likely N-dealkylation sites (N-methyl/N-ethyl adjacent to an activating group) is 1. The normalized spacial score (nSPS) is 23.0. The molecule has 8 nitrogen and oxygen atoms in total. The molecular weight excluding hydrogens is 456 g/mol. The van der Waals surface area contributed by atoms with Crippen LogP contribution >= 0.6 is 0 Å². The van der Waals surface area contributed by atoms with Crippen LogP contribution in [-0.2, 0) is 6.18 Å². The summed E-state index contributed by atoms with van der Waals surface area (Å²) in [5, 5.41) is 26.5. The molecule has 34 heavy (non-hydrogen) atoms. The third kappa shape index (κ3) is 3.99. The van der Waals surface area contributed by atoms with Gasteiger partial charge in [0.05, 0.1) is 17.7 Å². The fourth-order valence-corrected chi connectivity index (χ4v) is 4.50. The van der Waals surface area contributed by atoms with Gasteiger partial charge in [0.1, 0.15) is 18.1 Å². The molecule has 12 heteroatoms. The van der Waals surface area contributed by atoms with Gasteiger partial charge in [-0.3, -0.25) is 0 Å². The van der Waals surface area contributed by atoms with Crippen LogP contribution in [-0.4, -0.2) is 56.8 Å². The molecule has 1 saturated carbocycles. The highest BCUT2D eigenvalue weighted by Crippen LogP contribution is 2.42. The fourth-order valence-electron chi connectivity index (χ4n) is 4.50. The molecule has 0 bridgehead atoms. The molecule has 3 heterocycles. The lowest BCUT2D eigenvalue weighted by Gasteiger charge is -2.35. The quantitative estimate of drug-likeness (QED) is 0.550. The highest BCUT2D eigenvalue weighted by molar-refractivity contribution is 5.82. The predicted molar refractivity (Wildman–Crippen MR) is 116 cm³/mol. The number of rotatable bonds is 3. The molecular formula is C22H24F4N6O2. The van der Waals surface area contributed by atoms with E-state index in [-0.39, 0.29) is 23.1 Å². The highest BCUT2D eigenvalue weighted by atomic mass is 19.4. The van der Waals surface area contributed by atoms with Crippen molar-refractivity contribution in [3.8, 4) is 17.1 Å². The SMILES string of the molecule is CN1CCOc2c1c(N[C@H]1CC[C@@](C)(O)CC1)nn1c(-c3ccc(F)c(C(F)(F)F)c3)nnc21. The summed E-state index contributed by atoms with van der Waals surface area (Å²) < 4.78 is 60.9. The van der Waals surface area contributed by atoms with E-state index in [9.17, 15) is 22.7 Å². The van der Waals surface area contributed by atoms with Crippen molar-refractivity contribution in [3.63, 3.8) is 0 Å². The molecule has 2 N–H and O–H groups in total. The number of fused-ring (bicyclic) bond motifs is 3. The van der Waals surface area contributed by atoms with Gasteiger partial charge in [-0.05, 0) is 50.8 Å². The number of aromatic nitrogens is 4. The van der Waals surface area contributed by atoms with E-state index in [0.717, 1.165) is 18.9 Å². The number of halogens is 4. The number of benzene rings is 1. The van der Waals surface area contributed by atoms with E-state index in [1.54, 1.807) is 0 Å². The molecule has 1 aliphatic heterocycles. The van der Waals surface area contributed by atoms with Crippen molar-refractivity contribution in [2.24, 2.45) is 0 Å². The number of nitrogens with one attached hydrogen (secondary N) is 1. The van der Waals surface area contributed by atoms with E-state index in [1.807, 2.05) is 18.9 Å². The zero-order valence-electron chi connectivity index (χ0n) is 18.7. The van der Waals surface area contributed by atoms with Crippen LogP contribution in [0, 0.1) is 5.82 Å². The second kappa shape index (κ2) is 7.97. The minimum atomic E-state index is -4.85. The summed E-state index contributed by atoms with van der Waals surface area (Å²) in [4.78, 5) is 1.97. The summed E-state index contributed by atoms with van der Waals surface area (Å²) in [6, 6.07) is 2.73. The zero-order chi connectivity index (χ0) is 24.3. The third-order valence-corrected chi connectivity index (χ3v) is 6.47. The van der Waals surface area contributed by atoms with E-state index in [4.69, 9.17) is 4.74 Å². The van der Waals surface area contributed by atoms with Crippen LogP contribution in [0.25, 0.3) is 17.0 Å². The van der Waals surface area contributed by atoms with Crippen LogP contribution in [0.4, 0.5) is 29.1 Å². The van der Waals surface area contributed by atoms with Gasteiger partial charge in [0.15, 0.2) is 17.4 Å². The Bertz CT molecular complexity index is 1230. The number of anilines is 2. The lowest BCUT2D eigenvalue weighted by Crippen LogP contribution is -2.37. The van der Waals surface area contributed by atoms with Gasteiger partial charge in [0.25, 0.3) is 0 Å². The van der Waals surface area contributed by atoms with E-state index >= 15 is 0 Å². The minimum absolute atomic E-state index is 0.0255. The lowest BCUT2D eigenvalue weighted by atomic mass is 9.83. The molecule has 0 spiro atoms. The van der Waals surface area contributed by atoms with Gasteiger partial charge in [-0.1, -0.05) is 0 Å². The Hall–Kier alpha value is -3.15. The van der Waals surface area contributed by atoms with Crippen molar-refractivity contribution in [2.75, 3.05) is 30.4 Å². The van der Waals surface area contributed by atoms with Crippen LogP contribution in [0.5, 0.6) is 5.75 Å². The number of hydrogen-bond acceptors (Lipinski definition) is 7. The number of nitrogens with zero attached hydrogens (tertiary/aromatic N) is 5. The largest absolute Gasteiger partial charge is 0.486 e. The van der Waals surface area contributed by atoms with E-state index in [1.165, 1.54) is 10.6 Å². The number of ether oxygens (including phenoxy) is 1.